The Bertz CT molecular complexity index is 408. The Labute approximate surface area is 119 Å². The van der Waals surface area contributed by atoms with Crippen LogP contribution in [0, 0.1) is 0 Å². The molecule has 1 unspecified atom stereocenters. The van der Waals surface area contributed by atoms with Crippen molar-refractivity contribution >= 4 is 11.3 Å². The van der Waals surface area contributed by atoms with Gasteiger partial charge in [0.05, 0.1) is 17.3 Å². The standard InChI is InChI=1S/C15H24N2OS/c1-2-7-16-9-13-14(11-5-6-11)17-15(19-13)12-4-3-8-18-10-12/h11-12,16H,2-10H2,1H3. The number of nitrogens with one attached hydrogen (secondary N) is 1. The number of aromatic nitrogens is 1. The highest BCUT2D eigenvalue weighted by molar-refractivity contribution is 7.11. The van der Waals surface area contributed by atoms with Crippen molar-refractivity contribution in [2.45, 2.75) is 57.4 Å². The van der Waals surface area contributed by atoms with Crippen LogP contribution in [0.2, 0.25) is 0 Å². The second kappa shape index (κ2) is 6.33. The Balaban J connectivity index is 1.71. The van der Waals surface area contributed by atoms with Gasteiger partial charge in [0.2, 0.25) is 0 Å². The highest BCUT2D eigenvalue weighted by atomic mass is 32.1. The largest absolute Gasteiger partial charge is 0.381 e. The molecule has 4 heteroatoms. The number of rotatable bonds is 6. The molecule has 0 radical (unpaired) electrons. The van der Waals surface area contributed by atoms with Crippen molar-refractivity contribution in [2.75, 3.05) is 19.8 Å². The van der Waals surface area contributed by atoms with Crippen molar-refractivity contribution in [3.8, 4) is 0 Å². The molecule has 3 rings (SSSR count). The lowest BCUT2D eigenvalue weighted by Crippen LogP contribution is -2.15. The first-order valence-electron chi connectivity index (χ1n) is 7.66. The lowest BCUT2D eigenvalue weighted by atomic mass is 10.0. The van der Waals surface area contributed by atoms with E-state index in [1.54, 1.807) is 0 Å². The third-order valence-corrected chi connectivity index (χ3v) is 5.16. The zero-order chi connectivity index (χ0) is 13.1. The van der Waals surface area contributed by atoms with Crippen LogP contribution in [0.15, 0.2) is 0 Å². The first kappa shape index (κ1) is 13.5. The molecule has 1 aromatic rings. The molecule has 1 saturated carbocycles. The first-order valence-corrected chi connectivity index (χ1v) is 8.48. The van der Waals surface area contributed by atoms with Gasteiger partial charge in [0.1, 0.15) is 0 Å². The monoisotopic (exact) mass is 280 g/mol. The fourth-order valence-corrected chi connectivity index (χ4v) is 3.91. The Kier molecular flexibility index (Phi) is 4.51. The van der Waals surface area contributed by atoms with Gasteiger partial charge in [-0.05, 0) is 38.6 Å². The van der Waals surface area contributed by atoms with E-state index in [-0.39, 0.29) is 0 Å². The molecule has 1 aliphatic carbocycles. The molecule has 1 atom stereocenters. The zero-order valence-corrected chi connectivity index (χ0v) is 12.6. The molecular formula is C15H24N2OS. The van der Waals surface area contributed by atoms with Crippen LogP contribution in [0.3, 0.4) is 0 Å². The van der Waals surface area contributed by atoms with E-state index in [4.69, 9.17) is 9.72 Å². The van der Waals surface area contributed by atoms with Crippen molar-refractivity contribution in [1.82, 2.24) is 10.3 Å². The van der Waals surface area contributed by atoms with Crippen LogP contribution in [0.4, 0.5) is 0 Å². The molecule has 1 aliphatic heterocycles. The van der Waals surface area contributed by atoms with Gasteiger partial charge in [0, 0.05) is 29.9 Å². The molecule has 2 aliphatic rings. The molecule has 19 heavy (non-hydrogen) atoms. The molecule has 2 fully saturated rings. The minimum absolute atomic E-state index is 0.552. The summed E-state index contributed by atoms with van der Waals surface area (Å²) in [6.07, 6.45) is 6.31. The molecule has 0 bridgehead atoms. The van der Waals surface area contributed by atoms with Gasteiger partial charge in [-0.15, -0.1) is 11.3 Å². The van der Waals surface area contributed by atoms with Crippen LogP contribution in [-0.4, -0.2) is 24.7 Å². The third kappa shape index (κ3) is 3.36. The van der Waals surface area contributed by atoms with E-state index in [1.165, 1.54) is 47.7 Å². The number of hydrogen-bond acceptors (Lipinski definition) is 4. The summed E-state index contributed by atoms with van der Waals surface area (Å²) in [5.74, 6) is 1.31. The number of thiazole rings is 1. The van der Waals surface area contributed by atoms with E-state index in [2.05, 4.69) is 12.2 Å². The van der Waals surface area contributed by atoms with Gasteiger partial charge in [0.25, 0.3) is 0 Å². The fraction of sp³-hybridized carbons (Fsp3) is 0.800. The molecule has 1 N–H and O–H groups in total. The average molecular weight is 280 g/mol. The summed E-state index contributed by atoms with van der Waals surface area (Å²) < 4.78 is 5.61. The Morgan fingerprint density at radius 3 is 2.89 bits per heavy atom. The van der Waals surface area contributed by atoms with E-state index >= 15 is 0 Å². The van der Waals surface area contributed by atoms with Crippen molar-refractivity contribution in [1.29, 1.82) is 0 Å². The lowest BCUT2D eigenvalue weighted by molar-refractivity contribution is 0.0803. The molecule has 1 saturated heterocycles. The van der Waals surface area contributed by atoms with Gasteiger partial charge >= 0.3 is 0 Å². The van der Waals surface area contributed by atoms with E-state index in [0.717, 1.165) is 32.2 Å². The molecule has 2 heterocycles. The predicted molar refractivity (Wildman–Crippen MR) is 78.9 cm³/mol. The summed E-state index contributed by atoms with van der Waals surface area (Å²) >= 11 is 1.93. The van der Waals surface area contributed by atoms with Gasteiger partial charge in [-0.25, -0.2) is 4.98 Å². The molecule has 1 aromatic heterocycles. The van der Waals surface area contributed by atoms with Gasteiger partial charge in [-0.2, -0.15) is 0 Å². The van der Waals surface area contributed by atoms with Crippen LogP contribution in [-0.2, 0) is 11.3 Å². The quantitative estimate of drug-likeness (QED) is 0.811. The Morgan fingerprint density at radius 2 is 2.21 bits per heavy atom. The van der Waals surface area contributed by atoms with Crippen molar-refractivity contribution < 1.29 is 4.74 Å². The van der Waals surface area contributed by atoms with Crippen LogP contribution in [0.1, 0.15) is 66.4 Å². The summed E-state index contributed by atoms with van der Waals surface area (Å²) in [6, 6.07) is 0. The normalized spacial score (nSPS) is 23.7. The molecule has 0 aromatic carbocycles. The van der Waals surface area contributed by atoms with Gasteiger partial charge in [-0.1, -0.05) is 6.92 Å². The van der Waals surface area contributed by atoms with E-state index < -0.39 is 0 Å². The molecule has 3 nitrogen and oxygen atoms in total. The topological polar surface area (TPSA) is 34.1 Å². The molecule has 0 spiro atoms. The average Bonchev–Trinajstić information content (AvgIpc) is 3.21. The number of ether oxygens (including phenoxy) is 1. The fourth-order valence-electron chi connectivity index (χ4n) is 2.67. The minimum atomic E-state index is 0.552. The zero-order valence-electron chi connectivity index (χ0n) is 11.8. The van der Waals surface area contributed by atoms with E-state index in [9.17, 15) is 0 Å². The molecule has 0 amide bonds. The summed E-state index contributed by atoms with van der Waals surface area (Å²) in [7, 11) is 0. The highest BCUT2D eigenvalue weighted by Crippen LogP contribution is 2.44. The second-order valence-electron chi connectivity index (χ2n) is 5.73. The van der Waals surface area contributed by atoms with Crippen molar-refractivity contribution in [3.05, 3.63) is 15.6 Å². The Hall–Kier alpha value is -0.450. The van der Waals surface area contributed by atoms with Crippen LogP contribution in [0.5, 0.6) is 0 Å². The van der Waals surface area contributed by atoms with E-state index in [1.807, 2.05) is 11.3 Å². The summed E-state index contributed by atoms with van der Waals surface area (Å²) in [5.41, 5.74) is 1.40. The second-order valence-corrected chi connectivity index (χ2v) is 6.84. The molecule has 106 valence electrons. The smallest absolute Gasteiger partial charge is 0.0985 e. The van der Waals surface area contributed by atoms with Gasteiger partial charge in [-0.3, -0.25) is 0 Å². The number of nitrogens with zero attached hydrogens (tertiary/aromatic N) is 1. The summed E-state index contributed by atoms with van der Waals surface area (Å²) in [4.78, 5) is 6.46. The van der Waals surface area contributed by atoms with Crippen LogP contribution in [0.25, 0.3) is 0 Å². The van der Waals surface area contributed by atoms with Crippen LogP contribution >= 0.6 is 11.3 Å². The number of hydrogen-bond donors (Lipinski definition) is 1. The third-order valence-electron chi connectivity index (χ3n) is 3.93. The maximum Gasteiger partial charge on any atom is 0.0985 e. The lowest BCUT2D eigenvalue weighted by Gasteiger charge is -2.19. The predicted octanol–water partition coefficient (Wildman–Crippen LogP) is 3.41. The van der Waals surface area contributed by atoms with E-state index in [0.29, 0.717) is 5.92 Å². The summed E-state index contributed by atoms with van der Waals surface area (Å²) in [5, 5.41) is 4.86. The van der Waals surface area contributed by atoms with Gasteiger partial charge in [0.15, 0.2) is 0 Å². The van der Waals surface area contributed by atoms with Crippen molar-refractivity contribution in [2.24, 2.45) is 0 Å². The SMILES string of the molecule is CCCNCc1sc(C2CCCOC2)nc1C1CC1. The van der Waals surface area contributed by atoms with Crippen molar-refractivity contribution in [3.63, 3.8) is 0 Å². The maximum absolute atomic E-state index is 5.61. The summed E-state index contributed by atoms with van der Waals surface area (Å²) in [6.45, 7) is 6.13. The maximum atomic E-state index is 5.61. The highest BCUT2D eigenvalue weighted by Gasteiger charge is 2.31. The van der Waals surface area contributed by atoms with Gasteiger partial charge < -0.3 is 10.1 Å². The molecular weight excluding hydrogens is 256 g/mol. The minimum Gasteiger partial charge on any atom is -0.381 e. The van der Waals surface area contributed by atoms with Crippen LogP contribution < -0.4 is 5.32 Å². The first-order chi connectivity index (χ1) is 9.38. The Morgan fingerprint density at radius 1 is 1.32 bits per heavy atom.